The summed E-state index contributed by atoms with van der Waals surface area (Å²) >= 11 is 2.08. The quantitative estimate of drug-likeness (QED) is 0.206. The molecule has 11 nitrogen and oxygen atoms in total. The average Bonchev–Trinajstić information content (AvgIpc) is 3.22. The fraction of sp³-hybridized carbons (Fsp3) is 0.0526. The normalized spacial score (nSPS) is 10.8. The van der Waals surface area contributed by atoms with Crippen LogP contribution in [0.25, 0.3) is 11.3 Å². The molecule has 1 heterocycles. The molecule has 2 aromatic carbocycles. The third-order valence-corrected chi connectivity index (χ3v) is 4.94. The highest BCUT2D eigenvalue weighted by molar-refractivity contribution is 14.1. The van der Waals surface area contributed by atoms with E-state index in [1.54, 1.807) is 18.2 Å². The van der Waals surface area contributed by atoms with Crippen LogP contribution in [0.1, 0.15) is 16.1 Å². The number of methoxy groups -OCH3 is 1. The Hall–Kier alpha value is -3.81. The van der Waals surface area contributed by atoms with Gasteiger partial charge in [-0.3, -0.25) is 25.0 Å². The van der Waals surface area contributed by atoms with Gasteiger partial charge in [0.25, 0.3) is 17.3 Å². The van der Waals surface area contributed by atoms with Gasteiger partial charge < -0.3 is 9.15 Å². The summed E-state index contributed by atoms with van der Waals surface area (Å²) in [5.41, 5.74) is 1.90. The molecule has 1 amide bonds. The maximum Gasteiger partial charge on any atom is 0.287 e. The lowest BCUT2D eigenvalue weighted by atomic mass is 10.1. The molecule has 0 radical (unpaired) electrons. The minimum atomic E-state index is -0.728. The molecular weight excluding hydrogens is 523 g/mol. The number of rotatable bonds is 7. The number of hydrazone groups is 1. The number of nitrogens with zero attached hydrogens (tertiary/aromatic N) is 3. The number of furan rings is 1. The molecule has 0 saturated heterocycles. The first-order valence-corrected chi connectivity index (χ1v) is 9.58. The number of hydrogen-bond acceptors (Lipinski definition) is 8. The van der Waals surface area contributed by atoms with E-state index in [0.717, 1.165) is 15.7 Å². The van der Waals surface area contributed by atoms with E-state index in [4.69, 9.17) is 9.15 Å². The number of halogens is 1. The maximum atomic E-state index is 12.2. The van der Waals surface area contributed by atoms with Crippen molar-refractivity contribution in [2.45, 2.75) is 0 Å². The minimum absolute atomic E-state index is 0.0743. The Labute approximate surface area is 188 Å². The van der Waals surface area contributed by atoms with Gasteiger partial charge in [0.05, 0.1) is 38.4 Å². The maximum absolute atomic E-state index is 12.2. The summed E-state index contributed by atoms with van der Waals surface area (Å²) in [6.07, 6.45) is 1.22. The highest BCUT2D eigenvalue weighted by atomic mass is 127. The van der Waals surface area contributed by atoms with Gasteiger partial charge in [0.1, 0.15) is 17.3 Å². The predicted molar refractivity (Wildman–Crippen MR) is 118 cm³/mol. The molecule has 3 rings (SSSR count). The number of nitrogens with one attached hydrogen (secondary N) is 1. The number of carbonyl (C=O) groups is 1. The van der Waals surface area contributed by atoms with E-state index < -0.39 is 27.1 Å². The van der Waals surface area contributed by atoms with Crippen molar-refractivity contribution in [3.05, 3.63) is 83.7 Å². The average molecular weight is 536 g/mol. The Morgan fingerprint density at radius 1 is 1.13 bits per heavy atom. The fourth-order valence-electron chi connectivity index (χ4n) is 2.58. The number of ether oxygens (including phenoxy) is 1. The molecule has 0 atom stereocenters. The molecule has 0 bridgehead atoms. The van der Waals surface area contributed by atoms with Crippen LogP contribution in [-0.4, -0.2) is 29.1 Å². The first-order chi connectivity index (χ1) is 14.8. The van der Waals surface area contributed by atoms with Crippen LogP contribution in [-0.2, 0) is 0 Å². The van der Waals surface area contributed by atoms with Crippen molar-refractivity contribution in [3.8, 4) is 17.1 Å². The zero-order chi connectivity index (χ0) is 22.5. The molecule has 0 aliphatic carbocycles. The molecular formula is C19H13IN4O7. The lowest BCUT2D eigenvalue weighted by Crippen LogP contribution is -2.17. The smallest absolute Gasteiger partial charge is 0.287 e. The summed E-state index contributed by atoms with van der Waals surface area (Å²) in [7, 11) is 1.50. The van der Waals surface area contributed by atoms with Crippen molar-refractivity contribution < 1.29 is 23.8 Å². The first kappa shape index (κ1) is 21.9. The Kier molecular flexibility index (Phi) is 6.59. The fourth-order valence-corrected chi connectivity index (χ4v) is 3.14. The summed E-state index contributed by atoms with van der Waals surface area (Å²) in [4.78, 5) is 32.9. The molecule has 1 N–H and O–H groups in total. The van der Waals surface area contributed by atoms with Gasteiger partial charge in [0, 0.05) is 11.6 Å². The Bertz CT molecular complexity index is 1210. The van der Waals surface area contributed by atoms with Gasteiger partial charge in [-0.25, -0.2) is 5.43 Å². The summed E-state index contributed by atoms with van der Waals surface area (Å²) in [6, 6.07) is 11.1. The van der Waals surface area contributed by atoms with Crippen LogP contribution in [0.15, 0.2) is 58.0 Å². The molecule has 0 unspecified atom stereocenters. The predicted octanol–water partition coefficient (Wildman–Crippen LogP) is 4.14. The third kappa shape index (κ3) is 5.03. The summed E-state index contributed by atoms with van der Waals surface area (Å²) in [5, 5.41) is 26.0. The second kappa shape index (κ2) is 9.34. The van der Waals surface area contributed by atoms with Gasteiger partial charge in [-0.2, -0.15) is 5.10 Å². The van der Waals surface area contributed by atoms with Crippen molar-refractivity contribution in [2.24, 2.45) is 5.10 Å². The number of non-ortho nitro benzene ring substituents is 1. The molecule has 0 spiro atoms. The Morgan fingerprint density at radius 3 is 2.58 bits per heavy atom. The van der Waals surface area contributed by atoms with E-state index in [1.807, 2.05) is 0 Å². The number of carbonyl (C=O) groups excluding carboxylic acids is 1. The molecule has 0 saturated carbocycles. The zero-order valence-corrected chi connectivity index (χ0v) is 17.9. The standard InChI is InChI=1S/C19H13IN4O7/c1-30-18-8-11(2-6-15(18)20)19(25)22-21-10-13-4-7-17(31-13)14-5-3-12(23(26)27)9-16(14)24(28)29/h2-10H,1H3,(H,22,25)/b21-10-. The topological polar surface area (TPSA) is 150 Å². The van der Waals surface area contributed by atoms with Crippen molar-refractivity contribution in [1.82, 2.24) is 5.43 Å². The van der Waals surface area contributed by atoms with Gasteiger partial charge in [-0.1, -0.05) is 0 Å². The molecule has 31 heavy (non-hydrogen) atoms. The minimum Gasteiger partial charge on any atom is -0.496 e. The highest BCUT2D eigenvalue weighted by Gasteiger charge is 2.22. The van der Waals surface area contributed by atoms with Crippen molar-refractivity contribution >= 4 is 46.1 Å². The van der Waals surface area contributed by atoms with Crippen LogP contribution in [0.4, 0.5) is 11.4 Å². The number of nitro benzene ring substituents is 2. The van der Waals surface area contributed by atoms with Gasteiger partial charge >= 0.3 is 0 Å². The van der Waals surface area contributed by atoms with Crippen LogP contribution >= 0.6 is 22.6 Å². The number of nitro groups is 2. The summed E-state index contributed by atoms with van der Waals surface area (Å²) < 4.78 is 11.5. The largest absolute Gasteiger partial charge is 0.496 e. The lowest BCUT2D eigenvalue weighted by Gasteiger charge is -2.05. The Morgan fingerprint density at radius 2 is 1.90 bits per heavy atom. The van der Waals surface area contributed by atoms with Gasteiger partial charge in [0.2, 0.25) is 0 Å². The van der Waals surface area contributed by atoms with Crippen LogP contribution in [0.2, 0.25) is 0 Å². The molecule has 1 aromatic heterocycles. The lowest BCUT2D eigenvalue weighted by molar-refractivity contribution is -0.393. The van der Waals surface area contributed by atoms with E-state index in [-0.39, 0.29) is 17.1 Å². The second-order valence-electron chi connectivity index (χ2n) is 5.97. The van der Waals surface area contributed by atoms with Crippen LogP contribution in [0.3, 0.4) is 0 Å². The molecule has 158 valence electrons. The van der Waals surface area contributed by atoms with Crippen LogP contribution in [0, 0.1) is 23.8 Å². The molecule has 0 fully saturated rings. The summed E-state index contributed by atoms with van der Waals surface area (Å²) in [5.74, 6) is 0.418. The van der Waals surface area contributed by atoms with E-state index >= 15 is 0 Å². The second-order valence-corrected chi connectivity index (χ2v) is 7.13. The molecule has 0 aliphatic rings. The van der Waals surface area contributed by atoms with E-state index in [1.165, 1.54) is 31.5 Å². The van der Waals surface area contributed by atoms with Gasteiger partial charge in [0.15, 0.2) is 0 Å². The number of amides is 1. The Balaban J connectivity index is 1.76. The third-order valence-electron chi connectivity index (χ3n) is 4.05. The van der Waals surface area contributed by atoms with E-state index in [0.29, 0.717) is 11.3 Å². The first-order valence-electron chi connectivity index (χ1n) is 8.50. The molecule has 3 aromatic rings. The number of benzene rings is 2. The van der Waals surface area contributed by atoms with Crippen molar-refractivity contribution in [1.29, 1.82) is 0 Å². The zero-order valence-electron chi connectivity index (χ0n) is 15.8. The van der Waals surface area contributed by atoms with Gasteiger partial charge in [-0.05, 0) is 59.0 Å². The van der Waals surface area contributed by atoms with Crippen LogP contribution in [0.5, 0.6) is 5.75 Å². The van der Waals surface area contributed by atoms with Crippen LogP contribution < -0.4 is 10.2 Å². The SMILES string of the molecule is COc1cc(C(=O)N/N=C\c2ccc(-c3ccc([N+](=O)[O-])cc3[N+](=O)[O-])o2)ccc1I. The van der Waals surface area contributed by atoms with Crippen molar-refractivity contribution in [3.63, 3.8) is 0 Å². The molecule has 0 aliphatic heterocycles. The van der Waals surface area contributed by atoms with Gasteiger partial charge in [-0.15, -0.1) is 0 Å². The monoisotopic (exact) mass is 536 g/mol. The number of hydrogen-bond donors (Lipinski definition) is 1. The van der Waals surface area contributed by atoms with Crippen molar-refractivity contribution in [2.75, 3.05) is 7.11 Å². The van der Waals surface area contributed by atoms with E-state index in [9.17, 15) is 25.0 Å². The van der Waals surface area contributed by atoms with E-state index in [2.05, 4.69) is 33.1 Å². The molecule has 12 heteroatoms. The summed E-state index contributed by atoms with van der Waals surface area (Å²) in [6.45, 7) is 0. The highest BCUT2D eigenvalue weighted by Crippen LogP contribution is 2.33.